The lowest BCUT2D eigenvalue weighted by Gasteiger charge is -2.27. The van der Waals surface area contributed by atoms with E-state index >= 15 is 0 Å². The van der Waals surface area contributed by atoms with Crippen molar-refractivity contribution in [1.82, 2.24) is 19.9 Å². The van der Waals surface area contributed by atoms with E-state index in [1.807, 2.05) is 12.3 Å². The van der Waals surface area contributed by atoms with Crippen LogP contribution in [-0.2, 0) is 0 Å². The van der Waals surface area contributed by atoms with Crippen molar-refractivity contribution in [3.8, 4) is 11.3 Å². The van der Waals surface area contributed by atoms with Gasteiger partial charge in [0.25, 0.3) is 0 Å². The maximum Gasteiger partial charge on any atom is 0.224 e. The first-order valence-electron chi connectivity index (χ1n) is 10.7. The quantitative estimate of drug-likeness (QED) is 0.473. The van der Waals surface area contributed by atoms with Gasteiger partial charge in [0.15, 0.2) is 0 Å². The van der Waals surface area contributed by atoms with Gasteiger partial charge in [0.1, 0.15) is 18.0 Å². The topological polar surface area (TPSA) is 108 Å². The number of nitrogens with zero attached hydrogens (tertiary/aromatic N) is 4. The van der Waals surface area contributed by atoms with Crippen molar-refractivity contribution in [3.63, 3.8) is 0 Å². The summed E-state index contributed by atoms with van der Waals surface area (Å²) in [5.41, 5.74) is 1.63. The molecule has 1 aliphatic carbocycles. The minimum atomic E-state index is -0.185. The van der Waals surface area contributed by atoms with Crippen LogP contribution in [0.5, 0.6) is 0 Å². The van der Waals surface area contributed by atoms with Gasteiger partial charge in [-0.3, -0.25) is 0 Å². The average Bonchev–Trinajstić information content (AvgIpc) is 2.70. The zero-order chi connectivity index (χ0) is 20.6. The van der Waals surface area contributed by atoms with Gasteiger partial charge >= 0.3 is 0 Å². The van der Waals surface area contributed by atoms with Gasteiger partial charge < -0.3 is 21.1 Å². The van der Waals surface area contributed by atoms with Crippen LogP contribution in [0.1, 0.15) is 59.3 Å². The average molecular weight is 400 g/mol. The second kappa shape index (κ2) is 10.3. The SMILES string of the molecule is CCCCNc1ncc(-c2cc(NC(C)C)ncn2)c(N[C@H]2CC[C@H](O)CC2)n1. The van der Waals surface area contributed by atoms with Crippen LogP contribution >= 0.6 is 0 Å². The molecule has 29 heavy (non-hydrogen) atoms. The van der Waals surface area contributed by atoms with Crippen molar-refractivity contribution in [2.75, 3.05) is 22.5 Å². The van der Waals surface area contributed by atoms with Crippen LogP contribution in [0.15, 0.2) is 18.6 Å². The maximum atomic E-state index is 9.81. The highest BCUT2D eigenvalue weighted by Crippen LogP contribution is 2.29. The summed E-state index contributed by atoms with van der Waals surface area (Å²) in [5.74, 6) is 2.17. The van der Waals surface area contributed by atoms with Crippen LogP contribution in [-0.4, -0.2) is 49.8 Å². The van der Waals surface area contributed by atoms with Crippen LogP contribution in [0.4, 0.5) is 17.6 Å². The van der Waals surface area contributed by atoms with Gasteiger partial charge in [-0.05, 0) is 46.0 Å². The summed E-state index contributed by atoms with van der Waals surface area (Å²) in [4.78, 5) is 18.0. The Kier molecular flexibility index (Phi) is 7.57. The van der Waals surface area contributed by atoms with E-state index in [0.29, 0.717) is 5.95 Å². The van der Waals surface area contributed by atoms with Gasteiger partial charge in [0.05, 0.1) is 17.4 Å². The number of aliphatic hydroxyl groups is 1. The standard InChI is InChI=1S/C21H33N7O/c1-4-5-10-22-21-23-12-17(18-11-19(25-13-24-18)26-14(2)3)20(28-21)27-15-6-8-16(29)9-7-15/h11-16,29H,4-10H2,1-3H3,(H,24,25,26)(H2,22,23,27,28)/t15-,16-. The zero-order valence-corrected chi connectivity index (χ0v) is 17.6. The fourth-order valence-corrected chi connectivity index (χ4v) is 3.43. The molecule has 0 spiro atoms. The smallest absolute Gasteiger partial charge is 0.224 e. The van der Waals surface area contributed by atoms with Crippen molar-refractivity contribution in [2.45, 2.75) is 77.5 Å². The molecule has 8 nitrogen and oxygen atoms in total. The van der Waals surface area contributed by atoms with Crippen LogP contribution in [0.2, 0.25) is 0 Å². The molecule has 2 aromatic rings. The van der Waals surface area contributed by atoms with E-state index in [4.69, 9.17) is 4.98 Å². The summed E-state index contributed by atoms with van der Waals surface area (Å²) in [5, 5.41) is 20.0. The van der Waals surface area contributed by atoms with Crippen LogP contribution in [0.25, 0.3) is 11.3 Å². The first-order valence-corrected chi connectivity index (χ1v) is 10.7. The molecular formula is C21H33N7O. The number of hydrogen-bond donors (Lipinski definition) is 4. The Balaban J connectivity index is 1.86. The third-order valence-corrected chi connectivity index (χ3v) is 5.02. The Morgan fingerprint density at radius 3 is 2.66 bits per heavy atom. The summed E-state index contributed by atoms with van der Waals surface area (Å²) in [6, 6.07) is 2.50. The Morgan fingerprint density at radius 2 is 1.93 bits per heavy atom. The van der Waals surface area contributed by atoms with E-state index in [-0.39, 0.29) is 18.2 Å². The Labute approximate surface area is 173 Å². The molecule has 2 heterocycles. The summed E-state index contributed by atoms with van der Waals surface area (Å²) < 4.78 is 0. The number of anilines is 3. The molecule has 0 aliphatic heterocycles. The van der Waals surface area contributed by atoms with E-state index in [9.17, 15) is 5.11 Å². The molecule has 0 aromatic carbocycles. The summed E-state index contributed by atoms with van der Waals surface area (Å²) in [7, 11) is 0. The first kappa shape index (κ1) is 21.2. The predicted octanol–water partition coefficient (Wildman–Crippen LogP) is 3.68. The number of hydrogen-bond acceptors (Lipinski definition) is 8. The zero-order valence-electron chi connectivity index (χ0n) is 17.6. The third-order valence-electron chi connectivity index (χ3n) is 5.02. The van der Waals surface area contributed by atoms with E-state index < -0.39 is 0 Å². The Morgan fingerprint density at radius 1 is 1.14 bits per heavy atom. The molecule has 0 radical (unpaired) electrons. The lowest BCUT2D eigenvalue weighted by molar-refractivity contribution is 0.126. The van der Waals surface area contributed by atoms with Gasteiger partial charge in [0.2, 0.25) is 5.95 Å². The molecule has 1 aliphatic rings. The number of unbranched alkanes of at least 4 members (excludes halogenated alkanes) is 1. The van der Waals surface area contributed by atoms with Gasteiger partial charge in [-0.25, -0.2) is 15.0 Å². The van der Waals surface area contributed by atoms with Gasteiger partial charge in [-0.2, -0.15) is 4.98 Å². The predicted molar refractivity (Wildman–Crippen MR) is 117 cm³/mol. The molecule has 4 N–H and O–H groups in total. The Bertz CT molecular complexity index is 775. The number of aliphatic hydroxyl groups excluding tert-OH is 1. The third kappa shape index (κ3) is 6.25. The van der Waals surface area contributed by atoms with E-state index in [2.05, 4.69) is 51.7 Å². The molecule has 2 aromatic heterocycles. The molecule has 0 saturated heterocycles. The Hall–Kier alpha value is -2.48. The largest absolute Gasteiger partial charge is 0.393 e. The molecule has 0 bridgehead atoms. The normalized spacial score (nSPS) is 19.2. The minimum Gasteiger partial charge on any atom is -0.393 e. The number of rotatable bonds is 9. The molecular weight excluding hydrogens is 366 g/mol. The monoisotopic (exact) mass is 399 g/mol. The molecule has 3 rings (SSSR count). The minimum absolute atomic E-state index is 0.185. The van der Waals surface area contributed by atoms with Crippen LogP contribution < -0.4 is 16.0 Å². The van der Waals surface area contributed by atoms with E-state index in [1.54, 1.807) is 6.33 Å². The van der Waals surface area contributed by atoms with Crippen molar-refractivity contribution in [2.24, 2.45) is 0 Å². The lowest BCUT2D eigenvalue weighted by atomic mass is 9.93. The van der Waals surface area contributed by atoms with E-state index in [1.165, 1.54) is 0 Å². The maximum absolute atomic E-state index is 9.81. The molecule has 0 atom stereocenters. The van der Waals surface area contributed by atoms with Crippen LogP contribution in [0, 0.1) is 0 Å². The second-order valence-electron chi connectivity index (χ2n) is 7.97. The molecule has 8 heteroatoms. The van der Waals surface area contributed by atoms with Crippen molar-refractivity contribution < 1.29 is 5.11 Å². The lowest BCUT2D eigenvalue weighted by Crippen LogP contribution is -2.29. The fraction of sp³-hybridized carbons (Fsp3) is 0.619. The molecule has 158 valence electrons. The molecule has 1 fully saturated rings. The number of nitrogens with one attached hydrogen (secondary N) is 3. The first-order chi connectivity index (χ1) is 14.0. The highest BCUT2D eigenvalue weighted by Gasteiger charge is 2.21. The van der Waals surface area contributed by atoms with Gasteiger partial charge in [-0.1, -0.05) is 13.3 Å². The van der Waals surface area contributed by atoms with Crippen molar-refractivity contribution >= 4 is 17.6 Å². The summed E-state index contributed by atoms with van der Waals surface area (Å²) in [6.45, 7) is 7.16. The number of aromatic nitrogens is 4. The van der Waals surface area contributed by atoms with Gasteiger partial charge in [0, 0.05) is 30.9 Å². The molecule has 0 unspecified atom stereocenters. The molecule has 0 amide bonds. The van der Waals surface area contributed by atoms with Crippen molar-refractivity contribution in [3.05, 3.63) is 18.6 Å². The fourth-order valence-electron chi connectivity index (χ4n) is 3.43. The van der Waals surface area contributed by atoms with Crippen molar-refractivity contribution in [1.29, 1.82) is 0 Å². The van der Waals surface area contributed by atoms with Gasteiger partial charge in [-0.15, -0.1) is 0 Å². The highest BCUT2D eigenvalue weighted by molar-refractivity contribution is 5.74. The second-order valence-corrected chi connectivity index (χ2v) is 7.97. The summed E-state index contributed by atoms with van der Waals surface area (Å²) >= 11 is 0. The molecule has 1 saturated carbocycles. The van der Waals surface area contributed by atoms with Crippen LogP contribution in [0.3, 0.4) is 0 Å². The highest BCUT2D eigenvalue weighted by atomic mass is 16.3. The van der Waals surface area contributed by atoms with E-state index in [0.717, 1.165) is 68.0 Å². The summed E-state index contributed by atoms with van der Waals surface area (Å²) in [6.07, 6.45) is 8.87.